The highest BCUT2D eigenvalue weighted by atomic mass is 16.5. The first kappa shape index (κ1) is 12.7. The highest BCUT2D eigenvalue weighted by molar-refractivity contribution is 5.05. The summed E-state index contributed by atoms with van der Waals surface area (Å²) in [6, 6.07) is 3.88. The molecule has 1 fully saturated rings. The van der Waals surface area contributed by atoms with E-state index in [0.717, 1.165) is 23.4 Å². The zero-order valence-corrected chi connectivity index (χ0v) is 10.8. The minimum Gasteiger partial charge on any atom is -0.462 e. The van der Waals surface area contributed by atoms with Gasteiger partial charge in [0.1, 0.15) is 18.1 Å². The molecule has 1 aromatic heterocycles. The Kier molecular flexibility index (Phi) is 4.24. The van der Waals surface area contributed by atoms with E-state index in [1.165, 1.54) is 19.3 Å². The summed E-state index contributed by atoms with van der Waals surface area (Å²) >= 11 is 0. The van der Waals surface area contributed by atoms with Crippen molar-refractivity contribution >= 4 is 0 Å². The quantitative estimate of drug-likeness (QED) is 0.875. The smallest absolute Gasteiger partial charge is 0.129 e. The van der Waals surface area contributed by atoms with E-state index in [9.17, 15) is 0 Å². The van der Waals surface area contributed by atoms with Crippen LogP contribution in [0, 0.1) is 11.8 Å². The van der Waals surface area contributed by atoms with Gasteiger partial charge in [-0.1, -0.05) is 13.8 Å². The van der Waals surface area contributed by atoms with Gasteiger partial charge in [0.2, 0.25) is 0 Å². The molecular weight excluding hydrogens is 214 g/mol. The van der Waals surface area contributed by atoms with Gasteiger partial charge < -0.3 is 14.9 Å². The first-order valence-corrected chi connectivity index (χ1v) is 6.58. The van der Waals surface area contributed by atoms with E-state index >= 15 is 0 Å². The van der Waals surface area contributed by atoms with Crippen LogP contribution >= 0.6 is 0 Å². The molecule has 96 valence electrons. The Balaban J connectivity index is 1.78. The second kappa shape index (κ2) is 5.69. The van der Waals surface area contributed by atoms with E-state index in [4.69, 9.17) is 14.9 Å². The zero-order chi connectivity index (χ0) is 12.3. The summed E-state index contributed by atoms with van der Waals surface area (Å²) in [5, 5.41) is 0. The molecule has 1 aliphatic carbocycles. The third-order valence-corrected chi connectivity index (χ3v) is 3.93. The van der Waals surface area contributed by atoms with Crippen LogP contribution < -0.4 is 5.73 Å². The molecule has 2 rings (SSSR count). The van der Waals surface area contributed by atoms with Crippen LogP contribution in [0.3, 0.4) is 0 Å². The molecule has 0 amide bonds. The van der Waals surface area contributed by atoms with Gasteiger partial charge in [0.05, 0.1) is 12.6 Å². The highest BCUT2D eigenvalue weighted by Gasteiger charge is 2.25. The molecular formula is C14H23NO2. The summed E-state index contributed by atoms with van der Waals surface area (Å²) in [7, 11) is 0. The molecule has 0 saturated heterocycles. The summed E-state index contributed by atoms with van der Waals surface area (Å²) in [6.45, 7) is 5.68. The molecule has 3 atom stereocenters. The lowest BCUT2D eigenvalue weighted by molar-refractivity contribution is -0.0142. The van der Waals surface area contributed by atoms with Crippen LogP contribution in [0.15, 0.2) is 16.5 Å². The van der Waals surface area contributed by atoms with Crippen LogP contribution in [-0.2, 0) is 17.9 Å². The zero-order valence-electron chi connectivity index (χ0n) is 10.8. The molecule has 2 N–H and O–H groups in total. The molecule has 3 heteroatoms. The van der Waals surface area contributed by atoms with Gasteiger partial charge in [-0.2, -0.15) is 0 Å². The SMILES string of the molecule is CC1CCC(OCc2ccc(CN)o2)CC1C. The molecule has 1 aliphatic rings. The molecule has 3 nitrogen and oxygen atoms in total. The van der Waals surface area contributed by atoms with Crippen molar-refractivity contribution in [1.29, 1.82) is 0 Å². The van der Waals surface area contributed by atoms with Crippen molar-refractivity contribution in [3.05, 3.63) is 23.7 Å². The van der Waals surface area contributed by atoms with Crippen LogP contribution in [0.5, 0.6) is 0 Å². The van der Waals surface area contributed by atoms with Crippen molar-refractivity contribution in [3.63, 3.8) is 0 Å². The van der Waals surface area contributed by atoms with Crippen molar-refractivity contribution in [2.75, 3.05) is 0 Å². The first-order chi connectivity index (χ1) is 8.19. The molecule has 1 aromatic rings. The Bertz CT molecular complexity index is 348. The van der Waals surface area contributed by atoms with E-state index in [1.807, 2.05) is 12.1 Å². The lowest BCUT2D eigenvalue weighted by Gasteiger charge is -2.31. The Labute approximate surface area is 103 Å². The molecule has 0 bridgehead atoms. The fraction of sp³-hybridized carbons (Fsp3) is 0.714. The standard InChI is InChI=1S/C14H23NO2/c1-10-3-4-12(7-11(10)2)16-9-14-6-5-13(8-15)17-14/h5-6,10-12H,3-4,7-9,15H2,1-2H3. The second-order valence-corrected chi connectivity index (χ2v) is 5.27. The number of furan rings is 1. The molecule has 0 aliphatic heterocycles. The van der Waals surface area contributed by atoms with Crippen molar-refractivity contribution in [1.82, 2.24) is 0 Å². The van der Waals surface area contributed by atoms with Crippen LogP contribution in [-0.4, -0.2) is 6.10 Å². The Morgan fingerprint density at radius 3 is 2.65 bits per heavy atom. The van der Waals surface area contributed by atoms with Gasteiger partial charge in [0.25, 0.3) is 0 Å². The number of hydrogen-bond acceptors (Lipinski definition) is 3. The largest absolute Gasteiger partial charge is 0.462 e. The summed E-state index contributed by atoms with van der Waals surface area (Å²) in [6.07, 6.45) is 4.02. The van der Waals surface area contributed by atoms with Crippen molar-refractivity contribution in [2.45, 2.75) is 52.4 Å². The van der Waals surface area contributed by atoms with E-state index < -0.39 is 0 Å². The minimum atomic E-state index is 0.396. The van der Waals surface area contributed by atoms with Crippen LogP contribution in [0.25, 0.3) is 0 Å². The van der Waals surface area contributed by atoms with Gasteiger partial charge in [-0.25, -0.2) is 0 Å². The van der Waals surface area contributed by atoms with Gasteiger partial charge in [0, 0.05) is 0 Å². The van der Waals surface area contributed by atoms with E-state index in [-0.39, 0.29) is 0 Å². The normalized spacial score (nSPS) is 29.5. The average Bonchev–Trinajstić information content (AvgIpc) is 2.79. The van der Waals surface area contributed by atoms with E-state index in [2.05, 4.69) is 13.8 Å². The number of nitrogens with two attached hydrogens (primary N) is 1. The average molecular weight is 237 g/mol. The lowest BCUT2D eigenvalue weighted by atomic mass is 9.80. The lowest BCUT2D eigenvalue weighted by Crippen LogP contribution is -2.26. The maximum Gasteiger partial charge on any atom is 0.129 e. The van der Waals surface area contributed by atoms with Gasteiger partial charge in [-0.15, -0.1) is 0 Å². The third kappa shape index (κ3) is 3.33. The number of hydrogen-bond donors (Lipinski definition) is 1. The van der Waals surface area contributed by atoms with Gasteiger partial charge in [-0.3, -0.25) is 0 Å². The van der Waals surface area contributed by atoms with Crippen molar-refractivity contribution < 1.29 is 9.15 Å². The van der Waals surface area contributed by atoms with E-state index in [1.54, 1.807) is 0 Å². The van der Waals surface area contributed by atoms with Gasteiger partial charge in [-0.05, 0) is 43.2 Å². The van der Waals surface area contributed by atoms with Crippen molar-refractivity contribution in [2.24, 2.45) is 17.6 Å². The van der Waals surface area contributed by atoms with Crippen molar-refractivity contribution in [3.8, 4) is 0 Å². The number of rotatable bonds is 4. The summed E-state index contributed by atoms with van der Waals surface area (Å²) in [5.41, 5.74) is 5.50. The maximum atomic E-state index is 5.91. The molecule has 17 heavy (non-hydrogen) atoms. The van der Waals surface area contributed by atoms with Gasteiger partial charge >= 0.3 is 0 Å². The fourth-order valence-corrected chi connectivity index (χ4v) is 2.46. The predicted octanol–water partition coefficient (Wildman–Crippen LogP) is 3.08. The third-order valence-electron chi connectivity index (χ3n) is 3.93. The molecule has 1 heterocycles. The Morgan fingerprint density at radius 2 is 2.00 bits per heavy atom. The molecule has 0 radical (unpaired) electrons. The fourth-order valence-electron chi connectivity index (χ4n) is 2.46. The monoisotopic (exact) mass is 237 g/mol. The Hall–Kier alpha value is -0.800. The summed E-state index contributed by atoms with van der Waals surface area (Å²) in [5.74, 6) is 3.32. The molecule has 1 saturated carbocycles. The number of ether oxygens (including phenoxy) is 1. The van der Waals surface area contributed by atoms with Gasteiger partial charge in [0.15, 0.2) is 0 Å². The van der Waals surface area contributed by atoms with E-state index in [0.29, 0.717) is 19.3 Å². The maximum absolute atomic E-state index is 5.91. The first-order valence-electron chi connectivity index (χ1n) is 6.58. The van der Waals surface area contributed by atoms with Crippen LogP contribution in [0.4, 0.5) is 0 Å². The second-order valence-electron chi connectivity index (χ2n) is 5.27. The minimum absolute atomic E-state index is 0.396. The molecule has 0 aromatic carbocycles. The highest BCUT2D eigenvalue weighted by Crippen LogP contribution is 2.31. The van der Waals surface area contributed by atoms with Crippen LogP contribution in [0.1, 0.15) is 44.6 Å². The molecule has 3 unspecified atom stereocenters. The molecule has 0 spiro atoms. The Morgan fingerprint density at radius 1 is 1.24 bits per heavy atom. The predicted molar refractivity (Wildman–Crippen MR) is 67.4 cm³/mol. The summed E-state index contributed by atoms with van der Waals surface area (Å²) < 4.78 is 11.4. The van der Waals surface area contributed by atoms with Crippen LogP contribution in [0.2, 0.25) is 0 Å². The topological polar surface area (TPSA) is 48.4 Å². The summed E-state index contributed by atoms with van der Waals surface area (Å²) in [4.78, 5) is 0.